The van der Waals surface area contributed by atoms with Crippen LogP contribution in [-0.4, -0.2) is 65.9 Å². The molecule has 0 saturated carbocycles. The summed E-state index contributed by atoms with van der Waals surface area (Å²) in [5.74, 6) is 0.221. The Morgan fingerprint density at radius 3 is 2.78 bits per heavy atom. The molecule has 2 amide bonds. The molecule has 15 nitrogen and oxygen atoms in total. The maximum Gasteiger partial charge on any atom is 0.411 e. The summed E-state index contributed by atoms with van der Waals surface area (Å²) >= 11 is 6.23. The predicted molar refractivity (Wildman–Crippen MR) is 166 cm³/mol. The lowest BCUT2D eigenvalue weighted by Crippen LogP contribution is -2.30. The van der Waals surface area contributed by atoms with Crippen LogP contribution in [0, 0.1) is 0 Å². The summed E-state index contributed by atoms with van der Waals surface area (Å²) in [6.07, 6.45) is 4.90. The van der Waals surface area contributed by atoms with Crippen molar-refractivity contribution in [1.29, 1.82) is 0 Å². The number of benzene rings is 2. The first-order valence-corrected chi connectivity index (χ1v) is 14.5. The van der Waals surface area contributed by atoms with Crippen molar-refractivity contribution in [2.75, 3.05) is 19.0 Å². The molecular formula is C30H27ClN10O5. The highest BCUT2D eigenvalue weighted by molar-refractivity contribution is 6.30. The second-order valence-electron chi connectivity index (χ2n) is 10.2. The quantitative estimate of drug-likeness (QED) is 0.202. The van der Waals surface area contributed by atoms with Crippen molar-refractivity contribution in [3.8, 4) is 22.7 Å². The van der Waals surface area contributed by atoms with E-state index in [0.29, 0.717) is 57.0 Å². The normalized spacial score (nSPS) is 13.1. The van der Waals surface area contributed by atoms with Crippen molar-refractivity contribution in [3.05, 3.63) is 99.3 Å². The Labute approximate surface area is 266 Å². The van der Waals surface area contributed by atoms with Crippen LogP contribution in [0.5, 0.6) is 5.88 Å². The number of ether oxygens (including phenoxy) is 2. The summed E-state index contributed by atoms with van der Waals surface area (Å²) in [7, 11) is 1.27. The van der Waals surface area contributed by atoms with E-state index in [4.69, 9.17) is 16.3 Å². The lowest BCUT2D eigenvalue weighted by atomic mass is 10.0. The Morgan fingerprint density at radius 2 is 2.02 bits per heavy atom. The minimum absolute atomic E-state index is 0.260. The van der Waals surface area contributed by atoms with Gasteiger partial charge in [-0.3, -0.25) is 14.9 Å². The van der Waals surface area contributed by atoms with Gasteiger partial charge in [-0.05, 0) is 58.5 Å². The van der Waals surface area contributed by atoms with Crippen molar-refractivity contribution in [1.82, 2.24) is 45.5 Å². The van der Waals surface area contributed by atoms with Crippen molar-refractivity contribution in [3.63, 3.8) is 0 Å². The topological polar surface area (TPSA) is 184 Å². The first kappa shape index (κ1) is 30.2. The van der Waals surface area contributed by atoms with Crippen LogP contribution in [0.25, 0.3) is 22.9 Å². The molecule has 46 heavy (non-hydrogen) atoms. The van der Waals surface area contributed by atoms with Gasteiger partial charge in [0.25, 0.3) is 5.56 Å². The van der Waals surface area contributed by atoms with E-state index >= 15 is 0 Å². The molecular weight excluding hydrogens is 616 g/mol. The van der Waals surface area contributed by atoms with Crippen LogP contribution >= 0.6 is 11.6 Å². The Balaban J connectivity index is 1.29. The number of carbonyl (C=O) groups excluding carboxylic acids is 2. The number of aromatic nitrogens is 8. The van der Waals surface area contributed by atoms with Gasteiger partial charge >= 0.3 is 6.09 Å². The van der Waals surface area contributed by atoms with Crippen LogP contribution in [0.2, 0.25) is 5.02 Å². The van der Waals surface area contributed by atoms with Gasteiger partial charge in [-0.15, -0.1) is 5.10 Å². The zero-order valence-electron chi connectivity index (χ0n) is 24.4. The number of hydrogen-bond acceptors (Lipinski definition) is 10. The fraction of sp³-hybridized carbons (Fsp3) is 0.200. The maximum absolute atomic E-state index is 13.4. The molecule has 0 unspecified atom stereocenters. The highest BCUT2D eigenvalue weighted by Gasteiger charge is 2.22. The standard InChI is InChI=1S/C30H27ClN10O5/c1-45-30(44)33-21-7-3-18(4-8-21)23-16-25(35-36-29(23)43)24(14-22-15-28-40(37-22)11-2-12-46-28)34-27(42)10-5-19-13-20(31)6-9-26(19)41-17-32-38-39-41/h3-10,13,15-17,24H,2,11-12,14H2,1H3,(H,33,44)(H,34,42)(H,36,43)/b10-5+/t24-/m0/s1. The van der Waals surface area contributed by atoms with Gasteiger partial charge in [-0.1, -0.05) is 23.7 Å². The number of hydrogen-bond donors (Lipinski definition) is 3. The zero-order valence-corrected chi connectivity index (χ0v) is 25.1. The average Bonchev–Trinajstić information content (AvgIpc) is 3.74. The molecule has 5 aromatic rings. The number of carbonyl (C=O) groups is 2. The third-order valence-corrected chi connectivity index (χ3v) is 7.33. The van der Waals surface area contributed by atoms with E-state index < -0.39 is 23.6 Å². The molecule has 0 fully saturated rings. The van der Waals surface area contributed by atoms with Crippen molar-refractivity contribution in [2.24, 2.45) is 0 Å². The third-order valence-electron chi connectivity index (χ3n) is 7.10. The minimum Gasteiger partial charge on any atom is -0.478 e. The number of tetrazole rings is 1. The lowest BCUT2D eigenvalue weighted by molar-refractivity contribution is -0.117. The second kappa shape index (κ2) is 13.4. The van der Waals surface area contributed by atoms with Crippen LogP contribution in [-0.2, 0) is 22.5 Å². The minimum atomic E-state index is -0.691. The van der Waals surface area contributed by atoms with Crippen molar-refractivity contribution in [2.45, 2.75) is 25.4 Å². The number of methoxy groups -OCH3 is 1. The molecule has 3 aromatic heterocycles. The summed E-state index contributed by atoms with van der Waals surface area (Å²) in [5.41, 5.74) is 3.27. The molecule has 0 saturated heterocycles. The lowest BCUT2D eigenvalue weighted by Gasteiger charge is -2.17. The summed E-state index contributed by atoms with van der Waals surface area (Å²) in [5, 5.41) is 28.8. The molecule has 1 aliphatic heterocycles. The number of nitrogens with zero attached hydrogens (tertiary/aromatic N) is 7. The van der Waals surface area contributed by atoms with Crippen LogP contribution in [0.3, 0.4) is 0 Å². The Kier molecular flexibility index (Phi) is 8.82. The number of anilines is 1. The largest absolute Gasteiger partial charge is 0.478 e. The van der Waals surface area contributed by atoms with E-state index in [9.17, 15) is 14.4 Å². The van der Waals surface area contributed by atoms with Gasteiger partial charge < -0.3 is 14.8 Å². The fourth-order valence-electron chi connectivity index (χ4n) is 4.90. The van der Waals surface area contributed by atoms with Gasteiger partial charge in [0.05, 0.1) is 42.4 Å². The summed E-state index contributed by atoms with van der Waals surface area (Å²) < 4.78 is 13.6. The predicted octanol–water partition coefficient (Wildman–Crippen LogP) is 3.34. The molecule has 4 heterocycles. The average molecular weight is 643 g/mol. The van der Waals surface area contributed by atoms with E-state index in [2.05, 4.69) is 46.2 Å². The fourth-order valence-corrected chi connectivity index (χ4v) is 5.08. The molecule has 0 aliphatic carbocycles. The van der Waals surface area contributed by atoms with Gasteiger partial charge in [0.1, 0.15) is 6.33 Å². The summed E-state index contributed by atoms with van der Waals surface area (Å²) in [6, 6.07) is 14.5. The zero-order chi connectivity index (χ0) is 32.0. The molecule has 1 atom stereocenters. The molecule has 0 bridgehead atoms. The van der Waals surface area contributed by atoms with E-state index in [-0.39, 0.29) is 6.42 Å². The highest BCUT2D eigenvalue weighted by Crippen LogP contribution is 2.26. The molecule has 6 rings (SSSR count). The van der Waals surface area contributed by atoms with Crippen LogP contribution < -0.4 is 20.9 Å². The first-order chi connectivity index (χ1) is 22.4. The monoisotopic (exact) mass is 642 g/mol. The van der Waals surface area contributed by atoms with Crippen molar-refractivity contribution < 1.29 is 19.1 Å². The molecule has 0 spiro atoms. The number of nitrogens with one attached hydrogen (secondary N) is 3. The van der Waals surface area contributed by atoms with Crippen LogP contribution in [0.15, 0.2) is 71.8 Å². The number of rotatable bonds is 9. The number of aryl methyl sites for hydroxylation is 1. The second-order valence-corrected chi connectivity index (χ2v) is 10.6. The molecule has 1 aliphatic rings. The Bertz CT molecular complexity index is 1930. The van der Waals surface area contributed by atoms with Crippen molar-refractivity contribution >= 4 is 35.4 Å². The van der Waals surface area contributed by atoms with Crippen LogP contribution in [0.1, 0.15) is 29.4 Å². The summed E-state index contributed by atoms with van der Waals surface area (Å²) in [6.45, 7) is 1.32. The molecule has 0 radical (unpaired) electrons. The number of amides is 2. The van der Waals surface area contributed by atoms with E-state index in [1.807, 2.05) is 6.07 Å². The molecule has 234 valence electrons. The number of halogens is 1. The van der Waals surface area contributed by atoms with Gasteiger partial charge in [0.15, 0.2) is 0 Å². The smallest absolute Gasteiger partial charge is 0.411 e. The van der Waals surface area contributed by atoms with Gasteiger partial charge in [0.2, 0.25) is 11.8 Å². The van der Waals surface area contributed by atoms with E-state index in [0.717, 1.165) is 13.0 Å². The number of H-pyrrole nitrogens is 1. The summed E-state index contributed by atoms with van der Waals surface area (Å²) in [4.78, 5) is 37.8. The molecule has 16 heteroatoms. The van der Waals surface area contributed by atoms with E-state index in [1.165, 1.54) is 24.2 Å². The number of fused-ring (bicyclic) bond motifs is 1. The molecule has 3 N–H and O–H groups in total. The van der Waals surface area contributed by atoms with Gasteiger partial charge in [-0.25, -0.2) is 14.6 Å². The Morgan fingerprint density at radius 1 is 1.17 bits per heavy atom. The van der Waals surface area contributed by atoms with Gasteiger partial charge in [-0.2, -0.15) is 14.9 Å². The molecule has 2 aromatic carbocycles. The SMILES string of the molecule is COC(=O)Nc1ccc(-c2cc([C@H](Cc3cc4n(n3)CCCO4)NC(=O)/C=C/c3cc(Cl)ccc3-n3cnnn3)n[nH]c2=O)cc1. The highest BCUT2D eigenvalue weighted by atomic mass is 35.5. The maximum atomic E-state index is 13.4. The first-order valence-electron chi connectivity index (χ1n) is 14.1. The number of aromatic amines is 1. The van der Waals surface area contributed by atoms with Crippen LogP contribution in [0.4, 0.5) is 10.5 Å². The third kappa shape index (κ3) is 6.94. The Hall–Kier alpha value is -5.83. The van der Waals surface area contributed by atoms with Gasteiger partial charge in [0, 0.05) is 47.8 Å². The van der Waals surface area contributed by atoms with E-state index in [1.54, 1.807) is 59.3 Å².